The van der Waals surface area contributed by atoms with E-state index >= 15 is 0 Å². The van der Waals surface area contributed by atoms with E-state index in [1.807, 2.05) is 4.90 Å². The summed E-state index contributed by atoms with van der Waals surface area (Å²) in [4.78, 5) is 28.2. The largest absolute Gasteiger partial charge is 0.448 e. The van der Waals surface area contributed by atoms with E-state index in [0.717, 1.165) is 44.9 Å². The quantitative estimate of drug-likeness (QED) is 0.449. The van der Waals surface area contributed by atoms with Gasteiger partial charge in [-0.1, -0.05) is 68.8 Å². The Morgan fingerprint density at radius 1 is 0.941 bits per heavy atom. The van der Waals surface area contributed by atoms with Gasteiger partial charge >= 0.3 is 6.09 Å². The Balaban J connectivity index is 1.23. The van der Waals surface area contributed by atoms with Crippen molar-refractivity contribution in [1.82, 2.24) is 4.90 Å². The Morgan fingerprint density at radius 2 is 1.53 bits per heavy atom. The fourth-order valence-corrected chi connectivity index (χ4v) is 6.50. The van der Waals surface area contributed by atoms with E-state index in [1.54, 1.807) is 0 Å². The van der Waals surface area contributed by atoms with Gasteiger partial charge in [0.25, 0.3) is 0 Å². The number of piperidine rings is 2. The minimum Gasteiger partial charge on any atom is -0.448 e. The number of Topliss-reactive ketones (excluding diaryl/α,β-unsaturated/α-hetero) is 1. The van der Waals surface area contributed by atoms with Gasteiger partial charge in [0.05, 0.1) is 0 Å². The van der Waals surface area contributed by atoms with Crippen LogP contribution in [-0.4, -0.2) is 35.5 Å². The number of ketones is 1. The molecule has 2 bridgehead atoms. The predicted molar refractivity (Wildman–Crippen MR) is 135 cm³/mol. The van der Waals surface area contributed by atoms with Crippen molar-refractivity contribution in [2.75, 3.05) is 6.61 Å². The third-order valence-corrected chi connectivity index (χ3v) is 8.18. The van der Waals surface area contributed by atoms with E-state index < -0.39 is 0 Å². The minimum atomic E-state index is -0.192. The van der Waals surface area contributed by atoms with Crippen molar-refractivity contribution < 1.29 is 14.3 Å². The lowest BCUT2D eigenvalue weighted by molar-refractivity contribution is -0.126. The lowest BCUT2D eigenvalue weighted by Gasteiger charge is -2.47. The van der Waals surface area contributed by atoms with Gasteiger partial charge in [-0.15, -0.1) is 0 Å². The molecular weight excluding hydrogens is 422 g/mol. The predicted octanol–water partition coefficient (Wildman–Crippen LogP) is 6.96. The maximum absolute atomic E-state index is 13.3. The number of fused-ring (bicyclic) bond motifs is 5. The van der Waals surface area contributed by atoms with Gasteiger partial charge in [-0.25, -0.2) is 4.79 Å². The van der Waals surface area contributed by atoms with Gasteiger partial charge in [0.1, 0.15) is 12.4 Å². The minimum absolute atomic E-state index is 0.0799. The number of hydrogen-bond acceptors (Lipinski definition) is 3. The van der Waals surface area contributed by atoms with Gasteiger partial charge in [-0.2, -0.15) is 0 Å². The Morgan fingerprint density at radius 3 is 2.12 bits per heavy atom. The number of carbonyl (C=O) groups excluding carboxylic acids is 2. The van der Waals surface area contributed by atoms with Crippen LogP contribution in [-0.2, 0) is 9.53 Å². The Bertz CT molecular complexity index is 985. The summed E-state index contributed by atoms with van der Waals surface area (Å²) in [7, 11) is 0. The smallest absolute Gasteiger partial charge is 0.410 e. The molecule has 1 aliphatic carbocycles. The van der Waals surface area contributed by atoms with E-state index in [1.165, 1.54) is 22.3 Å². The molecule has 0 spiro atoms. The van der Waals surface area contributed by atoms with Crippen molar-refractivity contribution in [3.05, 3.63) is 59.7 Å². The summed E-state index contributed by atoms with van der Waals surface area (Å²) in [6, 6.07) is 17.2. The first-order valence-electron chi connectivity index (χ1n) is 13.2. The van der Waals surface area contributed by atoms with Crippen LogP contribution in [0.15, 0.2) is 48.5 Å². The molecule has 4 nitrogen and oxygen atoms in total. The molecule has 2 unspecified atom stereocenters. The molecule has 0 radical (unpaired) electrons. The highest BCUT2D eigenvalue weighted by Crippen LogP contribution is 2.45. The second-order valence-corrected chi connectivity index (χ2v) is 10.9. The number of rotatable bonds is 7. The Kier molecular flexibility index (Phi) is 6.76. The first-order valence-corrected chi connectivity index (χ1v) is 13.2. The first kappa shape index (κ1) is 23.1. The zero-order chi connectivity index (χ0) is 23.7. The molecule has 0 saturated carbocycles. The van der Waals surface area contributed by atoms with Gasteiger partial charge in [0.15, 0.2) is 0 Å². The molecule has 2 aromatic carbocycles. The number of amides is 1. The highest BCUT2D eigenvalue weighted by molar-refractivity contribution is 5.82. The van der Waals surface area contributed by atoms with E-state index in [9.17, 15) is 9.59 Å². The van der Waals surface area contributed by atoms with Crippen molar-refractivity contribution in [2.24, 2.45) is 11.8 Å². The highest BCUT2D eigenvalue weighted by atomic mass is 16.6. The van der Waals surface area contributed by atoms with Gasteiger partial charge in [0, 0.05) is 30.3 Å². The maximum Gasteiger partial charge on any atom is 0.410 e. The van der Waals surface area contributed by atoms with Crippen LogP contribution >= 0.6 is 0 Å². The van der Waals surface area contributed by atoms with Crippen molar-refractivity contribution >= 4 is 11.9 Å². The molecule has 180 valence electrons. The van der Waals surface area contributed by atoms with E-state index in [2.05, 4.69) is 62.4 Å². The second-order valence-electron chi connectivity index (χ2n) is 10.9. The van der Waals surface area contributed by atoms with Crippen LogP contribution < -0.4 is 0 Å². The van der Waals surface area contributed by atoms with Gasteiger partial charge in [-0.05, 0) is 66.7 Å². The zero-order valence-corrected chi connectivity index (χ0v) is 20.5. The van der Waals surface area contributed by atoms with E-state index in [-0.39, 0.29) is 30.0 Å². The third kappa shape index (κ3) is 4.52. The molecule has 1 amide bonds. The topological polar surface area (TPSA) is 46.6 Å². The fraction of sp³-hybridized carbons (Fsp3) is 0.533. The number of ether oxygens (including phenoxy) is 1. The molecule has 3 aliphatic rings. The fourth-order valence-electron chi connectivity index (χ4n) is 6.50. The molecule has 4 heteroatoms. The van der Waals surface area contributed by atoms with Gasteiger partial charge < -0.3 is 9.64 Å². The average molecular weight is 460 g/mol. The SMILES string of the molecule is CC(C)CCCC(=O)C1CC2CCCC(C1)N2C(=O)OCC1c2ccccc2-c2ccccc21. The van der Waals surface area contributed by atoms with Crippen molar-refractivity contribution in [2.45, 2.75) is 83.2 Å². The molecule has 2 aromatic rings. The van der Waals surface area contributed by atoms with Crippen LogP contribution in [0.4, 0.5) is 4.79 Å². The Hall–Kier alpha value is -2.62. The normalized spacial score (nSPS) is 23.5. The summed E-state index contributed by atoms with van der Waals surface area (Å²) in [5, 5.41) is 0. The number of benzene rings is 2. The lowest BCUT2D eigenvalue weighted by Crippen LogP contribution is -2.55. The summed E-state index contributed by atoms with van der Waals surface area (Å²) in [6.45, 7) is 4.78. The van der Waals surface area contributed by atoms with Crippen molar-refractivity contribution in [1.29, 1.82) is 0 Å². The van der Waals surface area contributed by atoms with Crippen LogP contribution in [0.2, 0.25) is 0 Å². The van der Waals surface area contributed by atoms with Crippen LogP contribution in [0.1, 0.15) is 82.3 Å². The molecule has 0 aromatic heterocycles. The summed E-state index contributed by atoms with van der Waals surface area (Å²) < 4.78 is 6.00. The van der Waals surface area contributed by atoms with E-state index in [4.69, 9.17) is 4.74 Å². The molecule has 2 saturated heterocycles. The van der Waals surface area contributed by atoms with Crippen LogP contribution in [0.5, 0.6) is 0 Å². The second kappa shape index (κ2) is 9.93. The first-order chi connectivity index (χ1) is 16.5. The summed E-state index contributed by atoms with van der Waals surface area (Å²) in [5.74, 6) is 1.24. The number of hydrogen-bond donors (Lipinski definition) is 0. The Labute approximate surface area is 203 Å². The summed E-state index contributed by atoms with van der Waals surface area (Å²) in [6.07, 6.45) is 7.30. The van der Waals surface area contributed by atoms with Gasteiger partial charge in [0.2, 0.25) is 0 Å². The molecule has 2 heterocycles. The molecule has 2 fully saturated rings. The standard InChI is InChI=1S/C30H37NO3/c1-20(2)9-7-16-29(32)21-17-22-10-8-11-23(18-21)31(22)30(33)34-19-28-26-14-5-3-12-24(26)25-13-4-6-15-27(25)28/h3-6,12-15,20-23,28H,7-11,16-19H2,1-2H3. The maximum atomic E-state index is 13.3. The number of nitrogens with zero attached hydrogens (tertiary/aromatic N) is 1. The van der Waals surface area contributed by atoms with E-state index in [0.29, 0.717) is 24.7 Å². The summed E-state index contributed by atoms with van der Waals surface area (Å²) >= 11 is 0. The zero-order valence-electron chi connectivity index (χ0n) is 20.5. The average Bonchev–Trinajstić information content (AvgIpc) is 3.15. The van der Waals surface area contributed by atoms with Crippen LogP contribution in [0.3, 0.4) is 0 Å². The van der Waals surface area contributed by atoms with Crippen LogP contribution in [0, 0.1) is 11.8 Å². The lowest BCUT2D eigenvalue weighted by atomic mass is 9.76. The third-order valence-electron chi connectivity index (χ3n) is 8.18. The van der Waals surface area contributed by atoms with Crippen molar-refractivity contribution in [3.8, 4) is 11.1 Å². The van der Waals surface area contributed by atoms with Crippen LogP contribution in [0.25, 0.3) is 11.1 Å². The van der Waals surface area contributed by atoms with Gasteiger partial charge in [-0.3, -0.25) is 4.79 Å². The molecule has 2 atom stereocenters. The highest BCUT2D eigenvalue weighted by Gasteiger charge is 2.43. The van der Waals surface area contributed by atoms with Crippen molar-refractivity contribution in [3.63, 3.8) is 0 Å². The summed E-state index contributed by atoms with van der Waals surface area (Å²) in [5.41, 5.74) is 4.96. The monoisotopic (exact) mass is 459 g/mol. The molecule has 0 N–H and O–H groups in total. The molecule has 5 rings (SSSR count). The molecular formula is C30H37NO3. The molecule has 2 aliphatic heterocycles. The number of carbonyl (C=O) groups is 2. The molecule has 34 heavy (non-hydrogen) atoms.